The van der Waals surface area contributed by atoms with Crippen molar-refractivity contribution in [3.05, 3.63) is 71.4 Å². The van der Waals surface area contributed by atoms with Gasteiger partial charge >= 0.3 is 6.18 Å². The first-order valence-electron chi connectivity index (χ1n) is 8.85. The van der Waals surface area contributed by atoms with Crippen LogP contribution in [-0.2, 0) is 13.2 Å². The van der Waals surface area contributed by atoms with Crippen molar-refractivity contribution in [1.29, 1.82) is 0 Å². The van der Waals surface area contributed by atoms with Crippen molar-refractivity contribution >= 4 is 16.8 Å². The summed E-state index contributed by atoms with van der Waals surface area (Å²) in [4.78, 5) is 14.4. The van der Waals surface area contributed by atoms with Crippen molar-refractivity contribution in [3.8, 4) is 0 Å². The minimum atomic E-state index is -4.58. The SMILES string of the molecule is CN(C)C(CNC(=O)c1ccccc1C(F)(F)F)c1cn(C)c2ccccc12. The van der Waals surface area contributed by atoms with Gasteiger partial charge in [0, 0.05) is 30.7 Å². The fraction of sp³-hybridized carbons (Fsp3) is 0.286. The maximum atomic E-state index is 13.2. The number of fused-ring (bicyclic) bond motifs is 1. The number of likely N-dealkylation sites (N-methyl/N-ethyl adjacent to an activating group) is 1. The zero-order valence-electron chi connectivity index (χ0n) is 15.9. The minimum absolute atomic E-state index is 0.187. The van der Waals surface area contributed by atoms with Crippen molar-refractivity contribution in [2.45, 2.75) is 12.2 Å². The number of aromatic nitrogens is 1. The van der Waals surface area contributed by atoms with E-state index in [2.05, 4.69) is 5.32 Å². The average molecular weight is 389 g/mol. The van der Waals surface area contributed by atoms with E-state index < -0.39 is 17.6 Å². The van der Waals surface area contributed by atoms with E-state index in [1.807, 2.05) is 61.1 Å². The fourth-order valence-electron chi connectivity index (χ4n) is 3.42. The molecule has 0 aliphatic carbocycles. The van der Waals surface area contributed by atoms with Crippen LogP contribution < -0.4 is 5.32 Å². The van der Waals surface area contributed by atoms with Crippen molar-refractivity contribution in [2.24, 2.45) is 7.05 Å². The van der Waals surface area contributed by atoms with Crippen LogP contribution in [0.25, 0.3) is 10.9 Å². The average Bonchev–Trinajstić information content (AvgIpc) is 2.98. The first-order chi connectivity index (χ1) is 13.2. The van der Waals surface area contributed by atoms with Crippen LogP contribution in [0.3, 0.4) is 0 Å². The van der Waals surface area contributed by atoms with E-state index in [-0.39, 0.29) is 18.2 Å². The van der Waals surface area contributed by atoms with E-state index in [0.717, 1.165) is 22.5 Å². The summed E-state index contributed by atoms with van der Waals surface area (Å²) in [5.74, 6) is -0.736. The number of carbonyl (C=O) groups excluding carboxylic acids is 1. The second-order valence-electron chi connectivity index (χ2n) is 6.95. The molecule has 0 bridgehead atoms. The van der Waals surface area contributed by atoms with Gasteiger partial charge in [0.15, 0.2) is 0 Å². The quantitative estimate of drug-likeness (QED) is 0.709. The maximum Gasteiger partial charge on any atom is 0.417 e. The Bertz CT molecular complexity index is 992. The Balaban J connectivity index is 1.86. The molecule has 148 valence electrons. The van der Waals surface area contributed by atoms with Crippen LogP contribution in [0.1, 0.15) is 27.5 Å². The van der Waals surface area contributed by atoms with Gasteiger partial charge in [-0.3, -0.25) is 4.79 Å². The zero-order valence-corrected chi connectivity index (χ0v) is 15.9. The highest BCUT2D eigenvalue weighted by Crippen LogP contribution is 2.32. The number of carbonyl (C=O) groups is 1. The topological polar surface area (TPSA) is 37.3 Å². The Morgan fingerprint density at radius 2 is 1.75 bits per heavy atom. The molecule has 1 atom stereocenters. The van der Waals surface area contributed by atoms with Crippen molar-refractivity contribution < 1.29 is 18.0 Å². The Morgan fingerprint density at radius 1 is 1.11 bits per heavy atom. The highest BCUT2D eigenvalue weighted by Gasteiger charge is 2.35. The van der Waals surface area contributed by atoms with Gasteiger partial charge in [-0.2, -0.15) is 13.2 Å². The van der Waals surface area contributed by atoms with Gasteiger partial charge in [-0.25, -0.2) is 0 Å². The molecular formula is C21H22F3N3O. The number of hydrogen-bond donors (Lipinski definition) is 1. The van der Waals surface area contributed by atoms with E-state index in [4.69, 9.17) is 0 Å². The molecule has 0 spiro atoms. The number of amides is 1. The van der Waals surface area contributed by atoms with E-state index >= 15 is 0 Å². The first kappa shape index (κ1) is 19.9. The Hall–Kier alpha value is -2.80. The maximum absolute atomic E-state index is 13.2. The fourth-order valence-corrected chi connectivity index (χ4v) is 3.42. The molecule has 1 heterocycles. The van der Waals surface area contributed by atoms with Gasteiger partial charge in [0.25, 0.3) is 5.91 Å². The molecule has 1 N–H and O–H groups in total. The predicted octanol–water partition coefficient (Wildman–Crippen LogP) is 4.23. The molecule has 1 unspecified atom stereocenters. The molecule has 1 amide bonds. The molecule has 3 rings (SSSR count). The van der Waals surface area contributed by atoms with Gasteiger partial charge < -0.3 is 14.8 Å². The summed E-state index contributed by atoms with van der Waals surface area (Å²) in [6.45, 7) is 0.187. The number of para-hydroxylation sites is 1. The van der Waals surface area contributed by atoms with Crippen LogP contribution in [0.4, 0.5) is 13.2 Å². The molecule has 0 saturated carbocycles. The van der Waals surface area contributed by atoms with Gasteiger partial charge in [0.05, 0.1) is 17.2 Å². The summed E-state index contributed by atoms with van der Waals surface area (Å²) in [6.07, 6.45) is -2.59. The van der Waals surface area contributed by atoms with Gasteiger partial charge in [-0.1, -0.05) is 30.3 Å². The molecule has 0 saturated heterocycles. The molecule has 28 heavy (non-hydrogen) atoms. The smallest absolute Gasteiger partial charge is 0.350 e. The Labute approximate surface area is 161 Å². The van der Waals surface area contributed by atoms with Crippen molar-refractivity contribution in [1.82, 2.24) is 14.8 Å². The lowest BCUT2D eigenvalue weighted by Gasteiger charge is -2.25. The molecule has 0 fully saturated rings. The largest absolute Gasteiger partial charge is 0.417 e. The van der Waals surface area contributed by atoms with Crippen molar-refractivity contribution in [3.63, 3.8) is 0 Å². The third-order valence-electron chi connectivity index (χ3n) is 4.84. The summed E-state index contributed by atoms with van der Waals surface area (Å²) in [5.41, 5.74) is 0.759. The summed E-state index contributed by atoms with van der Waals surface area (Å²) in [5, 5.41) is 3.73. The van der Waals surface area contributed by atoms with Crippen LogP contribution in [-0.4, -0.2) is 36.0 Å². The molecule has 4 nitrogen and oxygen atoms in total. The van der Waals surface area contributed by atoms with Crippen LogP contribution in [0, 0.1) is 0 Å². The number of benzene rings is 2. The number of nitrogens with one attached hydrogen (secondary N) is 1. The lowest BCUT2D eigenvalue weighted by atomic mass is 10.0. The number of hydrogen-bond acceptors (Lipinski definition) is 2. The third-order valence-corrected chi connectivity index (χ3v) is 4.84. The predicted molar refractivity (Wildman–Crippen MR) is 103 cm³/mol. The van der Waals surface area contributed by atoms with Crippen LogP contribution in [0.2, 0.25) is 0 Å². The van der Waals surface area contributed by atoms with Crippen LogP contribution in [0.15, 0.2) is 54.7 Å². The zero-order chi connectivity index (χ0) is 20.5. The molecule has 2 aromatic carbocycles. The molecule has 0 aliphatic heterocycles. The minimum Gasteiger partial charge on any atom is -0.350 e. The second-order valence-corrected chi connectivity index (χ2v) is 6.95. The number of rotatable bonds is 5. The molecule has 7 heteroatoms. The van der Waals surface area contributed by atoms with Crippen LogP contribution >= 0.6 is 0 Å². The summed E-state index contributed by atoms with van der Waals surface area (Å²) in [6, 6.07) is 12.5. The van der Waals surface area contributed by atoms with Gasteiger partial charge in [-0.05, 0) is 37.9 Å². The molecule has 0 radical (unpaired) electrons. The van der Waals surface area contributed by atoms with Gasteiger partial charge in [0.1, 0.15) is 0 Å². The monoisotopic (exact) mass is 389 g/mol. The molecule has 3 aromatic rings. The van der Waals surface area contributed by atoms with Gasteiger partial charge in [-0.15, -0.1) is 0 Å². The Morgan fingerprint density at radius 3 is 2.43 bits per heavy atom. The number of alkyl halides is 3. The van der Waals surface area contributed by atoms with Crippen molar-refractivity contribution in [2.75, 3.05) is 20.6 Å². The van der Waals surface area contributed by atoms with E-state index in [9.17, 15) is 18.0 Å². The summed E-state index contributed by atoms with van der Waals surface area (Å²) < 4.78 is 41.6. The summed E-state index contributed by atoms with van der Waals surface area (Å²) in [7, 11) is 5.70. The van der Waals surface area contributed by atoms with E-state index in [0.29, 0.717) is 0 Å². The standard InChI is InChI=1S/C21H22F3N3O/c1-26(2)19(16-13-27(3)18-11-7-5-8-14(16)18)12-25-20(28)15-9-4-6-10-17(15)21(22,23)24/h4-11,13,19H,12H2,1-3H3,(H,25,28). The third kappa shape index (κ3) is 3.89. The number of halogens is 3. The molecule has 0 aliphatic rings. The number of nitrogens with zero attached hydrogens (tertiary/aromatic N) is 2. The normalized spacial score (nSPS) is 13.1. The molecular weight excluding hydrogens is 367 g/mol. The van der Waals surface area contributed by atoms with E-state index in [1.54, 1.807) is 0 Å². The second kappa shape index (κ2) is 7.67. The Kier molecular flexibility index (Phi) is 5.47. The van der Waals surface area contributed by atoms with E-state index in [1.165, 1.54) is 18.2 Å². The number of aryl methyl sites for hydroxylation is 1. The molecule has 1 aromatic heterocycles. The van der Waals surface area contributed by atoms with Crippen LogP contribution in [0.5, 0.6) is 0 Å². The lowest BCUT2D eigenvalue weighted by molar-refractivity contribution is -0.137. The lowest BCUT2D eigenvalue weighted by Crippen LogP contribution is -2.35. The highest BCUT2D eigenvalue weighted by molar-refractivity contribution is 5.96. The summed E-state index contributed by atoms with van der Waals surface area (Å²) >= 11 is 0. The highest BCUT2D eigenvalue weighted by atomic mass is 19.4. The first-order valence-corrected chi connectivity index (χ1v) is 8.85. The van der Waals surface area contributed by atoms with Gasteiger partial charge in [0.2, 0.25) is 0 Å².